The molecule has 1 atom stereocenters. The van der Waals surface area contributed by atoms with Crippen molar-refractivity contribution in [2.24, 2.45) is 0 Å². The SMILES string of the molecule is N#Cc1oc2ccccc2c1OCCC1CCCCN1. The summed E-state index contributed by atoms with van der Waals surface area (Å²) in [5.74, 6) is 0.849. The zero-order valence-electron chi connectivity index (χ0n) is 11.4. The second-order valence-corrected chi connectivity index (χ2v) is 5.15. The van der Waals surface area contributed by atoms with Crippen LogP contribution in [0.25, 0.3) is 11.0 Å². The van der Waals surface area contributed by atoms with Crippen LogP contribution in [0.15, 0.2) is 28.7 Å². The molecule has 0 radical (unpaired) electrons. The third-order valence-corrected chi connectivity index (χ3v) is 3.78. The van der Waals surface area contributed by atoms with Gasteiger partial charge in [-0.2, -0.15) is 5.26 Å². The molecule has 2 aromatic rings. The van der Waals surface area contributed by atoms with Crippen molar-refractivity contribution >= 4 is 11.0 Å². The van der Waals surface area contributed by atoms with Crippen LogP contribution in [0, 0.1) is 11.3 Å². The second-order valence-electron chi connectivity index (χ2n) is 5.15. The Hall–Kier alpha value is -1.99. The molecule has 1 N–H and O–H groups in total. The Morgan fingerprint density at radius 3 is 3.05 bits per heavy atom. The van der Waals surface area contributed by atoms with Crippen LogP contribution in [0.1, 0.15) is 31.4 Å². The number of para-hydroxylation sites is 1. The molecular formula is C16H18N2O2. The van der Waals surface area contributed by atoms with E-state index in [9.17, 15) is 0 Å². The predicted molar refractivity (Wildman–Crippen MR) is 76.7 cm³/mol. The van der Waals surface area contributed by atoms with E-state index in [-0.39, 0.29) is 5.76 Å². The van der Waals surface area contributed by atoms with Crippen LogP contribution in [0.3, 0.4) is 0 Å². The van der Waals surface area contributed by atoms with Gasteiger partial charge in [0, 0.05) is 6.04 Å². The van der Waals surface area contributed by atoms with E-state index < -0.39 is 0 Å². The summed E-state index contributed by atoms with van der Waals surface area (Å²) in [6.45, 7) is 1.71. The highest BCUT2D eigenvalue weighted by molar-refractivity contribution is 5.86. The van der Waals surface area contributed by atoms with E-state index >= 15 is 0 Å². The van der Waals surface area contributed by atoms with Gasteiger partial charge < -0.3 is 14.5 Å². The van der Waals surface area contributed by atoms with Crippen molar-refractivity contribution in [2.75, 3.05) is 13.2 Å². The van der Waals surface area contributed by atoms with Crippen molar-refractivity contribution in [1.82, 2.24) is 5.32 Å². The molecule has 20 heavy (non-hydrogen) atoms. The Kier molecular flexibility index (Phi) is 3.89. The fraction of sp³-hybridized carbons (Fsp3) is 0.438. The Labute approximate surface area is 118 Å². The van der Waals surface area contributed by atoms with Gasteiger partial charge in [-0.15, -0.1) is 0 Å². The fourth-order valence-corrected chi connectivity index (χ4v) is 2.71. The van der Waals surface area contributed by atoms with Gasteiger partial charge in [0.05, 0.1) is 12.0 Å². The van der Waals surface area contributed by atoms with Gasteiger partial charge in [0.15, 0.2) is 5.75 Å². The molecule has 104 valence electrons. The first-order valence-corrected chi connectivity index (χ1v) is 7.16. The standard InChI is InChI=1S/C16H18N2O2/c17-11-15-16(13-6-1-2-7-14(13)20-15)19-10-8-12-5-3-4-9-18-12/h1-2,6-7,12,18H,3-5,8-10H2. The summed E-state index contributed by atoms with van der Waals surface area (Å²) < 4.78 is 11.3. The summed E-state index contributed by atoms with van der Waals surface area (Å²) in [6.07, 6.45) is 4.73. The lowest BCUT2D eigenvalue weighted by molar-refractivity contribution is 0.267. The van der Waals surface area contributed by atoms with Crippen LogP contribution in [-0.4, -0.2) is 19.2 Å². The normalized spacial score (nSPS) is 18.9. The maximum absolute atomic E-state index is 9.13. The molecule has 1 aromatic carbocycles. The molecule has 3 rings (SSSR count). The minimum absolute atomic E-state index is 0.266. The Morgan fingerprint density at radius 1 is 1.35 bits per heavy atom. The monoisotopic (exact) mass is 270 g/mol. The van der Waals surface area contributed by atoms with Crippen molar-refractivity contribution < 1.29 is 9.15 Å². The summed E-state index contributed by atoms with van der Waals surface area (Å²) >= 11 is 0. The van der Waals surface area contributed by atoms with E-state index in [0.717, 1.165) is 18.4 Å². The van der Waals surface area contributed by atoms with Crippen molar-refractivity contribution in [3.05, 3.63) is 30.0 Å². The maximum atomic E-state index is 9.13. The highest BCUT2D eigenvalue weighted by Gasteiger charge is 2.16. The van der Waals surface area contributed by atoms with E-state index in [2.05, 4.69) is 11.4 Å². The summed E-state index contributed by atoms with van der Waals surface area (Å²) in [7, 11) is 0. The van der Waals surface area contributed by atoms with Crippen LogP contribution >= 0.6 is 0 Å². The highest BCUT2D eigenvalue weighted by atomic mass is 16.5. The second kappa shape index (κ2) is 5.98. The van der Waals surface area contributed by atoms with E-state index in [4.69, 9.17) is 14.4 Å². The first kappa shape index (κ1) is 13.0. The molecule has 0 bridgehead atoms. The van der Waals surface area contributed by atoms with E-state index in [0.29, 0.717) is 24.0 Å². The Bertz CT molecular complexity index is 621. The molecule has 1 aliphatic rings. The molecule has 0 saturated carbocycles. The molecular weight excluding hydrogens is 252 g/mol. The number of furan rings is 1. The van der Waals surface area contributed by atoms with E-state index in [1.165, 1.54) is 19.3 Å². The third-order valence-electron chi connectivity index (χ3n) is 3.78. The first-order chi connectivity index (χ1) is 9.88. The maximum Gasteiger partial charge on any atom is 0.246 e. The van der Waals surface area contributed by atoms with Crippen LogP contribution in [0.5, 0.6) is 5.75 Å². The lowest BCUT2D eigenvalue weighted by atomic mass is 10.0. The van der Waals surface area contributed by atoms with Gasteiger partial charge in [-0.1, -0.05) is 18.6 Å². The molecule has 1 aromatic heterocycles. The van der Waals surface area contributed by atoms with E-state index in [1.807, 2.05) is 24.3 Å². The number of fused-ring (bicyclic) bond motifs is 1. The van der Waals surface area contributed by atoms with Gasteiger partial charge in [-0.05, 0) is 37.9 Å². The average Bonchev–Trinajstić information content (AvgIpc) is 2.87. The number of benzene rings is 1. The molecule has 2 heterocycles. The smallest absolute Gasteiger partial charge is 0.246 e. The minimum atomic E-state index is 0.266. The molecule has 0 spiro atoms. The van der Waals surface area contributed by atoms with Crippen LogP contribution in [-0.2, 0) is 0 Å². The summed E-state index contributed by atoms with van der Waals surface area (Å²) in [5, 5.41) is 13.5. The molecule has 1 fully saturated rings. The predicted octanol–water partition coefficient (Wildman–Crippen LogP) is 3.22. The van der Waals surface area contributed by atoms with Gasteiger partial charge in [-0.3, -0.25) is 0 Å². The Balaban J connectivity index is 1.69. The number of nitriles is 1. The van der Waals surface area contributed by atoms with Gasteiger partial charge in [0.25, 0.3) is 0 Å². The quantitative estimate of drug-likeness (QED) is 0.926. The third kappa shape index (κ3) is 2.63. The van der Waals surface area contributed by atoms with Crippen LogP contribution < -0.4 is 10.1 Å². The summed E-state index contributed by atoms with van der Waals surface area (Å²) in [5.41, 5.74) is 0.704. The van der Waals surface area contributed by atoms with Gasteiger partial charge in [0.1, 0.15) is 11.7 Å². The van der Waals surface area contributed by atoms with Gasteiger partial charge in [0.2, 0.25) is 5.76 Å². The molecule has 4 heteroatoms. The molecule has 0 amide bonds. The minimum Gasteiger partial charge on any atom is -0.488 e. The van der Waals surface area contributed by atoms with Crippen LogP contribution in [0.2, 0.25) is 0 Å². The molecule has 0 aliphatic carbocycles. The van der Waals surface area contributed by atoms with Crippen molar-refractivity contribution in [1.29, 1.82) is 5.26 Å². The number of ether oxygens (including phenoxy) is 1. The first-order valence-electron chi connectivity index (χ1n) is 7.16. The molecule has 4 nitrogen and oxygen atoms in total. The Morgan fingerprint density at radius 2 is 2.25 bits per heavy atom. The van der Waals surface area contributed by atoms with Crippen molar-refractivity contribution in [3.8, 4) is 11.8 Å². The van der Waals surface area contributed by atoms with Crippen molar-refractivity contribution in [2.45, 2.75) is 31.7 Å². The number of piperidine rings is 1. The van der Waals surface area contributed by atoms with Crippen molar-refractivity contribution in [3.63, 3.8) is 0 Å². The average molecular weight is 270 g/mol. The van der Waals surface area contributed by atoms with Gasteiger partial charge >= 0.3 is 0 Å². The molecule has 1 saturated heterocycles. The number of nitrogens with zero attached hydrogens (tertiary/aromatic N) is 1. The fourth-order valence-electron chi connectivity index (χ4n) is 2.71. The summed E-state index contributed by atoms with van der Waals surface area (Å²) in [6, 6.07) is 10.2. The number of rotatable bonds is 4. The zero-order valence-corrected chi connectivity index (χ0v) is 11.4. The molecule has 1 aliphatic heterocycles. The largest absolute Gasteiger partial charge is 0.488 e. The lowest BCUT2D eigenvalue weighted by Crippen LogP contribution is -2.35. The lowest BCUT2D eigenvalue weighted by Gasteiger charge is -2.23. The van der Waals surface area contributed by atoms with Gasteiger partial charge in [-0.25, -0.2) is 0 Å². The number of hydrogen-bond acceptors (Lipinski definition) is 4. The molecule has 1 unspecified atom stereocenters. The highest BCUT2D eigenvalue weighted by Crippen LogP contribution is 2.32. The summed E-state index contributed by atoms with van der Waals surface area (Å²) in [4.78, 5) is 0. The number of nitrogens with one attached hydrogen (secondary N) is 1. The van der Waals surface area contributed by atoms with E-state index in [1.54, 1.807) is 0 Å². The van der Waals surface area contributed by atoms with Crippen LogP contribution in [0.4, 0.5) is 0 Å². The topological polar surface area (TPSA) is 58.2 Å². The zero-order chi connectivity index (χ0) is 13.8. The number of hydrogen-bond donors (Lipinski definition) is 1.